The van der Waals surface area contributed by atoms with E-state index in [-0.39, 0.29) is 30.4 Å². The van der Waals surface area contributed by atoms with Gasteiger partial charge in [0.25, 0.3) is 0 Å². The number of benzene rings is 1. The van der Waals surface area contributed by atoms with Crippen molar-refractivity contribution in [3.05, 3.63) is 23.8 Å². The van der Waals surface area contributed by atoms with Crippen molar-refractivity contribution in [2.24, 2.45) is 0 Å². The van der Waals surface area contributed by atoms with Crippen LogP contribution in [-0.4, -0.2) is 41.9 Å². The van der Waals surface area contributed by atoms with Crippen LogP contribution in [0.1, 0.15) is 12.0 Å². The van der Waals surface area contributed by atoms with Crippen molar-refractivity contribution in [1.82, 2.24) is 4.90 Å². The second-order valence-electron chi connectivity index (χ2n) is 4.29. The smallest absolute Gasteiger partial charge is 0.230 e. The molecule has 18 heavy (non-hydrogen) atoms. The molecule has 0 aromatic heterocycles. The molecule has 0 unspecified atom stereocenters. The number of ketones is 1. The average Bonchev–Trinajstić information content (AvgIpc) is 2.65. The predicted molar refractivity (Wildman–Crippen MR) is 64.6 cm³/mol. The van der Waals surface area contributed by atoms with Gasteiger partial charge >= 0.3 is 0 Å². The van der Waals surface area contributed by atoms with Crippen molar-refractivity contribution in [3.63, 3.8) is 0 Å². The summed E-state index contributed by atoms with van der Waals surface area (Å²) < 4.78 is 4.95. The van der Waals surface area contributed by atoms with Gasteiger partial charge in [-0.25, -0.2) is 0 Å². The van der Waals surface area contributed by atoms with E-state index in [9.17, 15) is 14.7 Å². The third-order valence-electron chi connectivity index (χ3n) is 2.98. The summed E-state index contributed by atoms with van der Waals surface area (Å²) in [5, 5.41) is 9.62. The van der Waals surface area contributed by atoms with Crippen LogP contribution in [0.3, 0.4) is 0 Å². The van der Waals surface area contributed by atoms with E-state index in [1.807, 2.05) is 6.07 Å². The lowest BCUT2D eigenvalue weighted by Gasteiger charge is -2.14. The molecule has 1 N–H and O–H groups in total. The lowest BCUT2D eigenvalue weighted by atomic mass is 10.1. The molecule has 1 aliphatic heterocycles. The molecule has 0 atom stereocenters. The van der Waals surface area contributed by atoms with Gasteiger partial charge in [-0.1, -0.05) is 6.07 Å². The fraction of sp³-hybridized carbons (Fsp3) is 0.385. The summed E-state index contributed by atoms with van der Waals surface area (Å²) in [6.07, 6.45) is 0.629. The van der Waals surface area contributed by atoms with Crippen LogP contribution in [-0.2, 0) is 16.0 Å². The van der Waals surface area contributed by atoms with Gasteiger partial charge in [0.1, 0.15) is 0 Å². The number of ether oxygens (including phenoxy) is 1. The molecule has 5 heteroatoms. The second kappa shape index (κ2) is 5.08. The molecule has 0 bridgehead atoms. The highest BCUT2D eigenvalue weighted by Crippen LogP contribution is 2.26. The summed E-state index contributed by atoms with van der Waals surface area (Å²) in [5.74, 6) is 0.361. The van der Waals surface area contributed by atoms with E-state index in [1.54, 1.807) is 17.0 Å². The standard InChI is InChI=1S/C13H15NO4/c1-18-12-3-2-9(6-11(12)16)4-5-14-8-10(15)7-13(14)17/h2-3,6,16H,4-5,7-8H2,1H3. The summed E-state index contributed by atoms with van der Waals surface area (Å²) in [7, 11) is 1.49. The highest BCUT2D eigenvalue weighted by atomic mass is 16.5. The van der Waals surface area contributed by atoms with E-state index < -0.39 is 0 Å². The van der Waals surface area contributed by atoms with Crippen molar-refractivity contribution in [2.75, 3.05) is 20.2 Å². The molecule has 0 saturated carbocycles. The van der Waals surface area contributed by atoms with Crippen LogP contribution in [0.2, 0.25) is 0 Å². The first-order valence-electron chi connectivity index (χ1n) is 5.75. The van der Waals surface area contributed by atoms with Gasteiger partial charge < -0.3 is 14.7 Å². The average molecular weight is 249 g/mol. The molecule has 1 fully saturated rings. The van der Waals surface area contributed by atoms with Gasteiger partial charge in [0, 0.05) is 6.54 Å². The number of carbonyl (C=O) groups is 2. The minimum absolute atomic E-state index is 0.0217. The van der Waals surface area contributed by atoms with E-state index in [1.165, 1.54) is 7.11 Å². The molecule has 1 saturated heterocycles. The lowest BCUT2D eigenvalue weighted by molar-refractivity contribution is -0.127. The van der Waals surface area contributed by atoms with Crippen LogP contribution in [0.5, 0.6) is 11.5 Å². The van der Waals surface area contributed by atoms with Gasteiger partial charge in [-0.05, 0) is 24.1 Å². The van der Waals surface area contributed by atoms with Gasteiger partial charge in [-0.2, -0.15) is 0 Å². The Bertz CT molecular complexity index is 484. The Kier molecular flexibility index (Phi) is 3.50. The number of hydrogen-bond donors (Lipinski definition) is 1. The molecule has 1 heterocycles. The minimum Gasteiger partial charge on any atom is -0.504 e. The van der Waals surface area contributed by atoms with E-state index in [2.05, 4.69) is 0 Å². The molecule has 1 amide bonds. The van der Waals surface area contributed by atoms with Gasteiger partial charge in [0.15, 0.2) is 17.3 Å². The van der Waals surface area contributed by atoms with Crippen molar-refractivity contribution in [3.8, 4) is 11.5 Å². The monoisotopic (exact) mass is 249 g/mol. The van der Waals surface area contributed by atoms with E-state index in [0.29, 0.717) is 18.7 Å². The summed E-state index contributed by atoms with van der Waals surface area (Å²) in [5.41, 5.74) is 0.903. The van der Waals surface area contributed by atoms with Crippen LogP contribution in [0.25, 0.3) is 0 Å². The molecule has 5 nitrogen and oxygen atoms in total. The second-order valence-corrected chi connectivity index (χ2v) is 4.29. The van der Waals surface area contributed by atoms with Crippen molar-refractivity contribution in [2.45, 2.75) is 12.8 Å². The normalized spacial score (nSPS) is 15.3. The first-order chi connectivity index (χ1) is 8.60. The molecule has 1 aromatic rings. The Morgan fingerprint density at radius 2 is 2.17 bits per heavy atom. The summed E-state index contributed by atoms with van der Waals surface area (Å²) in [4.78, 5) is 24.0. The Balaban J connectivity index is 1.96. The van der Waals surface area contributed by atoms with E-state index >= 15 is 0 Å². The SMILES string of the molecule is COc1ccc(CCN2CC(=O)CC2=O)cc1O. The zero-order valence-electron chi connectivity index (χ0n) is 10.2. The van der Waals surface area contributed by atoms with Crippen LogP contribution in [0.15, 0.2) is 18.2 Å². The number of likely N-dealkylation sites (tertiary alicyclic amines) is 1. The number of phenolic OH excluding ortho intramolecular Hbond substituents is 1. The number of rotatable bonds is 4. The Hall–Kier alpha value is -2.04. The Labute approximate surface area is 105 Å². The maximum absolute atomic E-state index is 11.4. The number of phenols is 1. The highest BCUT2D eigenvalue weighted by molar-refractivity contribution is 6.05. The topological polar surface area (TPSA) is 66.8 Å². The Morgan fingerprint density at radius 1 is 1.39 bits per heavy atom. The third kappa shape index (κ3) is 2.61. The maximum atomic E-state index is 11.4. The lowest BCUT2D eigenvalue weighted by Crippen LogP contribution is -2.27. The van der Waals surface area contributed by atoms with Crippen LogP contribution in [0.4, 0.5) is 0 Å². The quantitative estimate of drug-likeness (QED) is 0.799. The number of carbonyl (C=O) groups excluding carboxylic acids is 2. The van der Waals surface area contributed by atoms with E-state index in [4.69, 9.17) is 4.74 Å². The zero-order chi connectivity index (χ0) is 13.1. The minimum atomic E-state index is -0.113. The number of aromatic hydroxyl groups is 1. The van der Waals surface area contributed by atoms with Gasteiger partial charge in [-0.3, -0.25) is 9.59 Å². The van der Waals surface area contributed by atoms with Crippen LogP contribution < -0.4 is 4.74 Å². The van der Waals surface area contributed by atoms with Crippen molar-refractivity contribution < 1.29 is 19.4 Å². The summed E-state index contributed by atoms with van der Waals surface area (Å²) >= 11 is 0. The van der Waals surface area contributed by atoms with Gasteiger partial charge in [-0.15, -0.1) is 0 Å². The zero-order valence-corrected chi connectivity index (χ0v) is 10.2. The summed E-state index contributed by atoms with van der Waals surface area (Å²) in [6, 6.07) is 5.13. The molecule has 2 rings (SSSR count). The first kappa shape index (κ1) is 12.4. The molecular formula is C13H15NO4. The molecule has 1 aliphatic rings. The number of nitrogens with zero attached hydrogens (tertiary/aromatic N) is 1. The largest absolute Gasteiger partial charge is 0.504 e. The van der Waals surface area contributed by atoms with Gasteiger partial charge in [0.05, 0.1) is 20.1 Å². The predicted octanol–water partition coefficient (Wildman–Crippen LogP) is 0.745. The van der Waals surface area contributed by atoms with Crippen molar-refractivity contribution in [1.29, 1.82) is 0 Å². The van der Waals surface area contributed by atoms with Gasteiger partial charge in [0.2, 0.25) is 5.91 Å². The first-order valence-corrected chi connectivity index (χ1v) is 5.75. The number of hydrogen-bond acceptors (Lipinski definition) is 4. The fourth-order valence-corrected chi connectivity index (χ4v) is 2.00. The Morgan fingerprint density at radius 3 is 2.72 bits per heavy atom. The number of amides is 1. The maximum Gasteiger partial charge on any atom is 0.230 e. The number of methoxy groups -OCH3 is 1. The van der Waals surface area contributed by atoms with E-state index in [0.717, 1.165) is 5.56 Å². The molecule has 0 spiro atoms. The molecule has 96 valence electrons. The number of Topliss-reactive ketones (excluding diaryl/α,β-unsaturated/α-hetero) is 1. The van der Waals surface area contributed by atoms with Crippen LogP contribution in [0, 0.1) is 0 Å². The molecule has 0 aliphatic carbocycles. The fourth-order valence-electron chi connectivity index (χ4n) is 2.00. The summed E-state index contributed by atoms with van der Waals surface area (Å²) in [6.45, 7) is 0.706. The van der Waals surface area contributed by atoms with Crippen molar-refractivity contribution >= 4 is 11.7 Å². The van der Waals surface area contributed by atoms with Crippen LogP contribution >= 0.6 is 0 Å². The third-order valence-corrected chi connectivity index (χ3v) is 2.98. The molecule has 0 radical (unpaired) electrons. The highest BCUT2D eigenvalue weighted by Gasteiger charge is 2.26. The molecular weight excluding hydrogens is 234 g/mol. The molecule has 1 aromatic carbocycles.